The lowest BCUT2D eigenvalue weighted by atomic mass is 9.84. The highest BCUT2D eigenvalue weighted by Gasteiger charge is 2.34. The molecule has 0 aromatic carbocycles. The summed E-state index contributed by atoms with van der Waals surface area (Å²) in [5.74, 6) is 0.922. The van der Waals surface area contributed by atoms with Crippen molar-refractivity contribution in [2.45, 2.75) is 38.7 Å². The van der Waals surface area contributed by atoms with Gasteiger partial charge in [0.05, 0.1) is 0 Å². The van der Waals surface area contributed by atoms with Crippen LogP contribution in [0.2, 0.25) is 0 Å². The molecule has 0 saturated carbocycles. The first kappa shape index (κ1) is 15.1. The summed E-state index contributed by atoms with van der Waals surface area (Å²) in [5, 5.41) is 0.909. The lowest BCUT2D eigenvalue weighted by Gasteiger charge is -2.33. The van der Waals surface area contributed by atoms with Crippen molar-refractivity contribution in [2.24, 2.45) is 11.7 Å². The molecule has 0 radical (unpaired) electrons. The Balaban J connectivity index is 2.65. The summed E-state index contributed by atoms with van der Waals surface area (Å²) in [7, 11) is 0. The van der Waals surface area contributed by atoms with Gasteiger partial charge in [0.15, 0.2) is 0 Å². The van der Waals surface area contributed by atoms with Crippen molar-refractivity contribution >= 4 is 22.0 Å². The number of carbonyl (C=O) groups is 1. The molecule has 0 aliphatic carbocycles. The lowest BCUT2D eigenvalue weighted by Crippen LogP contribution is -2.39. The lowest BCUT2D eigenvalue weighted by molar-refractivity contribution is -0.0111. The predicted octanol–water partition coefficient (Wildman–Crippen LogP) is 2.89. The molecule has 18 heavy (non-hydrogen) atoms. The molecule has 0 aromatic rings. The third-order valence-corrected chi connectivity index (χ3v) is 3.57. The van der Waals surface area contributed by atoms with Gasteiger partial charge in [-0.05, 0) is 26.7 Å². The number of amides is 1. The molecule has 1 aliphatic heterocycles. The van der Waals surface area contributed by atoms with Gasteiger partial charge in [-0.25, -0.2) is 4.79 Å². The number of carbonyl (C=O) groups excluding carboxylic acids is 1. The van der Waals surface area contributed by atoms with Crippen LogP contribution in [-0.4, -0.2) is 23.8 Å². The molecule has 1 unspecified atom stereocenters. The van der Waals surface area contributed by atoms with Crippen LogP contribution in [0.1, 0.15) is 33.1 Å². The van der Waals surface area contributed by atoms with E-state index in [9.17, 15) is 4.79 Å². The molecule has 0 fully saturated rings. The molecule has 1 aliphatic rings. The average Bonchev–Trinajstić information content (AvgIpc) is 2.74. The van der Waals surface area contributed by atoms with E-state index >= 15 is 0 Å². The number of primary amides is 1. The Bertz CT molecular complexity index is 317. The van der Waals surface area contributed by atoms with E-state index < -0.39 is 11.7 Å². The molecule has 1 heterocycles. The summed E-state index contributed by atoms with van der Waals surface area (Å²) >= 11 is 3.41. The second kappa shape index (κ2) is 6.87. The Hall–Kier alpha value is -0.910. The summed E-state index contributed by atoms with van der Waals surface area (Å²) in [6.45, 7) is 4.00. The number of ether oxygens (including phenoxy) is 3. The van der Waals surface area contributed by atoms with Gasteiger partial charge < -0.3 is 19.9 Å². The third-order valence-electron chi connectivity index (χ3n) is 3.01. The maximum Gasteiger partial charge on any atom is 0.405 e. The number of hydrogen-bond acceptors (Lipinski definition) is 4. The second-order valence-corrected chi connectivity index (χ2v) is 5.56. The van der Waals surface area contributed by atoms with Gasteiger partial charge in [0.1, 0.15) is 17.6 Å². The summed E-state index contributed by atoms with van der Waals surface area (Å²) < 4.78 is 15.6. The molecule has 0 saturated heterocycles. The van der Waals surface area contributed by atoms with Gasteiger partial charge in [-0.2, -0.15) is 0 Å². The minimum atomic E-state index is -0.749. The normalized spacial score (nSPS) is 16.5. The first-order valence-electron chi connectivity index (χ1n) is 5.93. The zero-order chi connectivity index (χ0) is 13.6. The van der Waals surface area contributed by atoms with Crippen LogP contribution in [0, 0.1) is 5.92 Å². The molecule has 104 valence electrons. The van der Waals surface area contributed by atoms with Gasteiger partial charge >= 0.3 is 6.09 Å². The maximum atomic E-state index is 11.0. The number of rotatable bonds is 7. The van der Waals surface area contributed by atoms with Gasteiger partial charge in [-0.15, -0.1) is 0 Å². The Labute approximate surface area is 116 Å². The number of nitrogens with two attached hydrogens (primary N) is 1. The number of alkyl halides is 1. The molecular formula is C12H20BrNO4. The summed E-state index contributed by atoms with van der Waals surface area (Å²) in [6, 6.07) is 0. The fourth-order valence-electron chi connectivity index (χ4n) is 1.98. The van der Waals surface area contributed by atoms with Crippen LogP contribution < -0.4 is 5.73 Å². The second-order valence-electron chi connectivity index (χ2n) is 4.77. The Morgan fingerprint density at radius 1 is 1.67 bits per heavy atom. The molecule has 1 rings (SSSR count). The van der Waals surface area contributed by atoms with Crippen molar-refractivity contribution in [2.75, 3.05) is 12.1 Å². The van der Waals surface area contributed by atoms with E-state index in [-0.39, 0.29) is 12.7 Å². The summed E-state index contributed by atoms with van der Waals surface area (Å²) in [4.78, 5) is 11.0. The van der Waals surface area contributed by atoms with E-state index in [1.807, 2.05) is 13.8 Å². The van der Waals surface area contributed by atoms with E-state index in [4.69, 9.17) is 19.9 Å². The Morgan fingerprint density at radius 3 is 2.89 bits per heavy atom. The van der Waals surface area contributed by atoms with Gasteiger partial charge in [-0.1, -0.05) is 15.9 Å². The SMILES string of the molecule is CC(C)(OC(N)=O)C(CCCBr)CC1=COCO1. The molecular weight excluding hydrogens is 302 g/mol. The van der Waals surface area contributed by atoms with Crippen molar-refractivity contribution in [3.05, 3.63) is 12.0 Å². The number of halogens is 1. The molecule has 5 nitrogen and oxygen atoms in total. The van der Waals surface area contributed by atoms with Crippen molar-refractivity contribution in [3.63, 3.8) is 0 Å². The number of hydrogen-bond donors (Lipinski definition) is 1. The fourth-order valence-corrected chi connectivity index (χ4v) is 2.31. The summed E-state index contributed by atoms with van der Waals surface area (Å²) in [6.07, 6.45) is 3.44. The highest BCUT2D eigenvalue weighted by atomic mass is 79.9. The molecule has 0 bridgehead atoms. The van der Waals surface area contributed by atoms with E-state index in [1.165, 1.54) is 0 Å². The van der Waals surface area contributed by atoms with Crippen molar-refractivity contribution < 1.29 is 19.0 Å². The minimum Gasteiger partial charge on any atom is -0.462 e. The Morgan fingerprint density at radius 2 is 2.39 bits per heavy atom. The minimum absolute atomic E-state index is 0.135. The van der Waals surface area contributed by atoms with Crippen LogP contribution in [0.5, 0.6) is 0 Å². The molecule has 0 spiro atoms. The van der Waals surface area contributed by atoms with E-state index in [1.54, 1.807) is 6.26 Å². The first-order valence-corrected chi connectivity index (χ1v) is 7.05. The van der Waals surface area contributed by atoms with Crippen LogP contribution in [0.4, 0.5) is 4.79 Å². The predicted molar refractivity (Wildman–Crippen MR) is 71.0 cm³/mol. The first-order chi connectivity index (χ1) is 8.45. The van der Waals surface area contributed by atoms with Crippen LogP contribution in [0.25, 0.3) is 0 Å². The van der Waals surface area contributed by atoms with Gasteiger partial charge in [-0.3, -0.25) is 0 Å². The zero-order valence-corrected chi connectivity index (χ0v) is 12.4. The molecule has 1 amide bonds. The summed E-state index contributed by atoms with van der Waals surface area (Å²) in [5.41, 5.74) is 4.49. The van der Waals surface area contributed by atoms with Gasteiger partial charge in [0, 0.05) is 17.7 Å². The largest absolute Gasteiger partial charge is 0.462 e. The van der Waals surface area contributed by atoms with E-state index in [2.05, 4.69) is 15.9 Å². The smallest absolute Gasteiger partial charge is 0.405 e. The van der Waals surface area contributed by atoms with E-state index in [0.29, 0.717) is 6.42 Å². The van der Waals surface area contributed by atoms with Crippen molar-refractivity contribution in [3.8, 4) is 0 Å². The monoisotopic (exact) mass is 321 g/mol. The molecule has 2 N–H and O–H groups in total. The highest BCUT2D eigenvalue weighted by Crippen LogP contribution is 2.32. The highest BCUT2D eigenvalue weighted by molar-refractivity contribution is 9.09. The van der Waals surface area contributed by atoms with Gasteiger partial charge in [0.25, 0.3) is 0 Å². The average molecular weight is 322 g/mol. The van der Waals surface area contributed by atoms with Gasteiger partial charge in [0.2, 0.25) is 6.79 Å². The molecule has 1 atom stereocenters. The van der Waals surface area contributed by atoms with Crippen LogP contribution in [0.3, 0.4) is 0 Å². The zero-order valence-electron chi connectivity index (χ0n) is 10.8. The van der Waals surface area contributed by atoms with E-state index in [0.717, 1.165) is 23.9 Å². The Kier molecular flexibility index (Phi) is 5.78. The maximum absolute atomic E-state index is 11.0. The third kappa shape index (κ3) is 4.76. The standard InChI is InChI=1S/C12H20BrNO4/c1-12(2,18-11(14)15)9(4-3-5-13)6-10-7-16-8-17-10/h7,9H,3-6,8H2,1-2H3,(H2,14,15). The number of allylic oxidation sites excluding steroid dienone is 1. The van der Waals surface area contributed by atoms with Crippen molar-refractivity contribution in [1.29, 1.82) is 0 Å². The topological polar surface area (TPSA) is 70.8 Å². The fraction of sp³-hybridized carbons (Fsp3) is 0.750. The van der Waals surface area contributed by atoms with Crippen LogP contribution in [-0.2, 0) is 14.2 Å². The van der Waals surface area contributed by atoms with Crippen LogP contribution >= 0.6 is 15.9 Å². The molecule has 6 heteroatoms. The van der Waals surface area contributed by atoms with Crippen molar-refractivity contribution in [1.82, 2.24) is 0 Å². The van der Waals surface area contributed by atoms with Crippen LogP contribution in [0.15, 0.2) is 12.0 Å². The molecule has 0 aromatic heterocycles. The quantitative estimate of drug-likeness (QED) is 0.732.